The van der Waals surface area contributed by atoms with Gasteiger partial charge >= 0.3 is 0 Å². The second-order valence-electron chi connectivity index (χ2n) is 4.52. The number of nitrogens with one attached hydrogen (secondary N) is 2. The van der Waals surface area contributed by atoms with Crippen molar-refractivity contribution in [3.63, 3.8) is 0 Å². The van der Waals surface area contributed by atoms with E-state index in [4.69, 9.17) is 9.47 Å². The Bertz CT molecular complexity index is 573. The number of carbonyl (C=O) groups is 1. The Morgan fingerprint density at radius 2 is 2.32 bits per heavy atom. The van der Waals surface area contributed by atoms with E-state index >= 15 is 0 Å². The second-order valence-corrected chi connectivity index (χ2v) is 4.52. The first-order chi connectivity index (χ1) is 9.34. The summed E-state index contributed by atoms with van der Waals surface area (Å²) < 4.78 is 10.8. The van der Waals surface area contributed by atoms with Gasteiger partial charge in [0, 0.05) is 29.2 Å². The summed E-state index contributed by atoms with van der Waals surface area (Å²) in [5.41, 5.74) is 1.64. The maximum Gasteiger partial charge on any atom is 0.252 e. The van der Waals surface area contributed by atoms with Crippen molar-refractivity contribution in [3.8, 4) is 0 Å². The number of fused-ring (bicyclic) bond motifs is 1. The van der Waals surface area contributed by atoms with Gasteiger partial charge in [-0.2, -0.15) is 0 Å². The van der Waals surface area contributed by atoms with Gasteiger partial charge in [0.05, 0.1) is 25.9 Å². The number of hydrogen-bond donors (Lipinski definition) is 2. The summed E-state index contributed by atoms with van der Waals surface area (Å²) in [7, 11) is 0. The van der Waals surface area contributed by atoms with E-state index in [1.807, 2.05) is 30.5 Å². The Morgan fingerprint density at radius 1 is 1.37 bits per heavy atom. The molecule has 1 fully saturated rings. The molecule has 0 spiro atoms. The molecule has 100 valence electrons. The van der Waals surface area contributed by atoms with Gasteiger partial charge in [-0.15, -0.1) is 0 Å². The number of carbonyl (C=O) groups excluding carboxylic acids is 1. The molecule has 1 amide bonds. The molecule has 1 unspecified atom stereocenters. The Labute approximate surface area is 110 Å². The van der Waals surface area contributed by atoms with Crippen LogP contribution in [0.2, 0.25) is 0 Å². The molecule has 5 heteroatoms. The Morgan fingerprint density at radius 3 is 3.16 bits per heavy atom. The van der Waals surface area contributed by atoms with E-state index in [0.717, 1.165) is 10.9 Å². The van der Waals surface area contributed by atoms with Gasteiger partial charge in [0.25, 0.3) is 5.91 Å². The van der Waals surface area contributed by atoms with Crippen LogP contribution >= 0.6 is 0 Å². The number of H-pyrrole nitrogens is 1. The molecule has 1 aromatic heterocycles. The quantitative estimate of drug-likeness (QED) is 0.874. The Hall–Kier alpha value is -1.85. The minimum Gasteiger partial charge on any atom is -0.376 e. The molecule has 1 saturated heterocycles. The van der Waals surface area contributed by atoms with Crippen LogP contribution in [-0.4, -0.2) is 43.4 Å². The molecule has 0 aliphatic carbocycles. The van der Waals surface area contributed by atoms with Gasteiger partial charge in [0.2, 0.25) is 0 Å². The largest absolute Gasteiger partial charge is 0.376 e. The minimum atomic E-state index is -0.0839. The summed E-state index contributed by atoms with van der Waals surface area (Å²) in [4.78, 5) is 15.3. The molecule has 0 bridgehead atoms. The monoisotopic (exact) mass is 260 g/mol. The first-order valence-corrected chi connectivity index (χ1v) is 6.38. The number of rotatable bonds is 3. The van der Waals surface area contributed by atoms with Crippen LogP contribution in [0.15, 0.2) is 30.5 Å². The molecular formula is C14H16N2O3. The summed E-state index contributed by atoms with van der Waals surface area (Å²) in [6.07, 6.45) is 1.78. The first kappa shape index (κ1) is 12.2. The van der Waals surface area contributed by atoms with Crippen molar-refractivity contribution in [3.05, 3.63) is 36.0 Å². The summed E-state index contributed by atoms with van der Waals surface area (Å²) in [6, 6.07) is 7.55. The van der Waals surface area contributed by atoms with Gasteiger partial charge < -0.3 is 19.8 Å². The van der Waals surface area contributed by atoms with Gasteiger partial charge in [-0.25, -0.2) is 0 Å². The zero-order valence-electron chi connectivity index (χ0n) is 10.5. The standard InChI is InChI=1S/C14H16N2O3/c17-14(16-8-10-9-18-6-7-19-10)12-2-1-3-13-11(12)4-5-15-13/h1-5,10,15H,6-9H2,(H,16,17). The van der Waals surface area contributed by atoms with Crippen molar-refractivity contribution in [2.24, 2.45) is 0 Å². The third kappa shape index (κ3) is 2.62. The highest BCUT2D eigenvalue weighted by Crippen LogP contribution is 2.17. The lowest BCUT2D eigenvalue weighted by atomic mass is 10.1. The van der Waals surface area contributed by atoms with Crippen LogP contribution in [0, 0.1) is 0 Å². The molecule has 1 aromatic carbocycles. The van der Waals surface area contributed by atoms with Crippen LogP contribution in [0.4, 0.5) is 0 Å². The normalized spacial score (nSPS) is 19.5. The van der Waals surface area contributed by atoms with Crippen molar-refractivity contribution >= 4 is 16.8 Å². The SMILES string of the molecule is O=C(NCC1COCCO1)c1cccc2[nH]ccc12. The minimum absolute atomic E-state index is 0.0527. The Kier molecular flexibility index (Phi) is 3.48. The average Bonchev–Trinajstić information content (AvgIpc) is 2.94. The molecule has 0 saturated carbocycles. The summed E-state index contributed by atoms with van der Waals surface area (Å²) in [6.45, 7) is 2.23. The van der Waals surface area contributed by atoms with Gasteiger partial charge in [0.15, 0.2) is 0 Å². The molecule has 19 heavy (non-hydrogen) atoms. The van der Waals surface area contributed by atoms with Crippen LogP contribution in [0.1, 0.15) is 10.4 Å². The third-order valence-corrected chi connectivity index (χ3v) is 3.21. The van der Waals surface area contributed by atoms with E-state index in [1.54, 1.807) is 0 Å². The van der Waals surface area contributed by atoms with Gasteiger partial charge in [-0.3, -0.25) is 4.79 Å². The number of aromatic amines is 1. The lowest BCUT2D eigenvalue weighted by Crippen LogP contribution is -2.39. The first-order valence-electron chi connectivity index (χ1n) is 6.38. The zero-order chi connectivity index (χ0) is 13.1. The molecule has 2 heterocycles. The van der Waals surface area contributed by atoms with Crippen LogP contribution in [-0.2, 0) is 9.47 Å². The molecule has 0 radical (unpaired) electrons. The molecule has 2 N–H and O–H groups in total. The number of hydrogen-bond acceptors (Lipinski definition) is 3. The fourth-order valence-electron chi connectivity index (χ4n) is 2.24. The van der Waals surface area contributed by atoms with Crippen molar-refractivity contribution < 1.29 is 14.3 Å². The van der Waals surface area contributed by atoms with Gasteiger partial charge in [0.1, 0.15) is 0 Å². The van der Waals surface area contributed by atoms with Crippen molar-refractivity contribution in [2.75, 3.05) is 26.4 Å². The van der Waals surface area contributed by atoms with E-state index in [0.29, 0.717) is 31.9 Å². The highest BCUT2D eigenvalue weighted by atomic mass is 16.6. The number of aromatic nitrogens is 1. The second kappa shape index (κ2) is 5.42. The van der Waals surface area contributed by atoms with E-state index in [-0.39, 0.29) is 12.0 Å². The maximum atomic E-state index is 12.2. The van der Waals surface area contributed by atoms with E-state index in [9.17, 15) is 4.79 Å². The molecular weight excluding hydrogens is 244 g/mol. The smallest absolute Gasteiger partial charge is 0.252 e. The molecule has 5 nitrogen and oxygen atoms in total. The molecule has 1 aliphatic heterocycles. The van der Waals surface area contributed by atoms with Crippen LogP contribution < -0.4 is 5.32 Å². The van der Waals surface area contributed by atoms with Gasteiger partial charge in [-0.05, 0) is 18.2 Å². The zero-order valence-corrected chi connectivity index (χ0v) is 10.5. The van der Waals surface area contributed by atoms with E-state index in [2.05, 4.69) is 10.3 Å². The molecule has 1 aliphatic rings. The van der Waals surface area contributed by atoms with E-state index < -0.39 is 0 Å². The van der Waals surface area contributed by atoms with Crippen molar-refractivity contribution in [1.82, 2.24) is 10.3 Å². The van der Waals surface area contributed by atoms with Crippen LogP contribution in [0.3, 0.4) is 0 Å². The summed E-state index contributed by atoms with van der Waals surface area (Å²) >= 11 is 0. The molecule has 1 atom stereocenters. The highest BCUT2D eigenvalue weighted by Gasteiger charge is 2.16. The topological polar surface area (TPSA) is 63.4 Å². The fourth-order valence-corrected chi connectivity index (χ4v) is 2.24. The lowest BCUT2D eigenvalue weighted by molar-refractivity contribution is -0.0855. The number of ether oxygens (including phenoxy) is 2. The number of amides is 1. The molecule has 2 aromatic rings. The highest BCUT2D eigenvalue weighted by molar-refractivity contribution is 6.06. The maximum absolute atomic E-state index is 12.2. The van der Waals surface area contributed by atoms with Crippen molar-refractivity contribution in [1.29, 1.82) is 0 Å². The summed E-state index contributed by atoms with van der Waals surface area (Å²) in [5, 5.41) is 3.82. The predicted octanol–water partition coefficient (Wildman–Crippen LogP) is 1.31. The predicted molar refractivity (Wildman–Crippen MR) is 71.2 cm³/mol. The van der Waals surface area contributed by atoms with E-state index in [1.165, 1.54) is 0 Å². The van der Waals surface area contributed by atoms with Crippen LogP contribution in [0.5, 0.6) is 0 Å². The third-order valence-electron chi connectivity index (χ3n) is 3.21. The van der Waals surface area contributed by atoms with Crippen LogP contribution in [0.25, 0.3) is 10.9 Å². The lowest BCUT2D eigenvalue weighted by Gasteiger charge is -2.23. The van der Waals surface area contributed by atoms with Crippen molar-refractivity contribution in [2.45, 2.75) is 6.10 Å². The fraction of sp³-hybridized carbons (Fsp3) is 0.357. The molecule has 3 rings (SSSR count). The average molecular weight is 260 g/mol. The van der Waals surface area contributed by atoms with Gasteiger partial charge in [-0.1, -0.05) is 6.07 Å². The Balaban J connectivity index is 1.68. The number of benzene rings is 1. The summed E-state index contributed by atoms with van der Waals surface area (Å²) in [5.74, 6) is -0.0839.